The van der Waals surface area contributed by atoms with Crippen molar-refractivity contribution in [2.75, 3.05) is 25.1 Å². The largest absolute Gasteiger partial charge is 0.489 e. The highest BCUT2D eigenvalue weighted by Gasteiger charge is 2.10. The fourth-order valence-electron chi connectivity index (χ4n) is 2.18. The van der Waals surface area contributed by atoms with Crippen LogP contribution in [-0.2, 0) is 9.84 Å². The van der Waals surface area contributed by atoms with E-state index in [4.69, 9.17) is 4.74 Å². The van der Waals surface area contributed by atoms with Gasteiger partial charge < -0.3 is 15.4 Å². The zero-order chi connectivity index (χ0) is 18.9. The Labute approximate surface area is 152 Å². The number of nitrogens with one attached hydrogen (secondary N) is 2. The molecule has 0 aliphatic carbocycles. The molecule has 1 aromatic carbocycles. The molecule has 0 aliphatic rings. The highest BCUT2D eigenvalue weighted by atomic mass is 32.2. The number of para-hydroxylation sites is 1. The zero-order valence-corrected chi connectivity index (χ0v) is 16.7. The number of aliphatic imine (C=N–C) groups is 1. The lowest BCUT2D eigenvalue weighted by Gasteiger charge is -2.19. The lowest BCUT2D eigenvalue weighted by Crippen LogP contribution is -2.43. The molecule has 0 fully saturated rings. The van der Waals surface area contributed by atoms with Crippen molar-refractivity contribution in [2.24, 2.45) is 4.99 Å². The average molecular weight is 370 g/mol. The number of aryl methyl sites for hydroxylation is 1. The maximum atomic E-state index is 11.3. The maximum Gasteiger partial charge on any atom is 0.191 e. The smallest absolute Gasteiger partial charge is 0.191 e. The Hall–Kier alpha value is -1.76. The van der Waals surface area contributed by atoms with Gasteiger partial charge in [-0.1, -0.05) is 18.2 Å². The quantitative estimate of drug-likeness (QED) is 0.515. The highest BCUT2D eigenvalue weighted by Crippen LogP contribution is 2.17. The minimum atomic E-state index is -2.95. The fourth-order valence-corrected chi connectivity index (χ4v) is 2.96. The van der Waals surface area contributed by atoms with E-state index in [0.717, 1.165) is 17.9 Å². The average Bonchev–Trinajstić information content (AvgIpc) is 2.52. The summed E-state index contributed by atoms with van der Waals surface area (Å²) < 4.78 is 28.5. The molecule has 2 N–H and O–H groups in total. The number of hydrogen-bond donors (Lipinski definition) is 2. The number of nitrogens with zero attached hydrogens (tertiary/aromatic N) is 1. The van der Waals surface area contributed by atoms with Gasteiger partial charge in [-0.05, 0) is 45.7 Å². The highest BCUT2D eigenvalue weighted by molar-refractivity contribution is 7.90. The maximum absolute atomic E-state index is 11.3. The molecule has 0 aromatic heterocycles. The van der Waals surface area contributed by atoms with Crippen LogP contribution in [0.15, 0.2) is 29.3 Å². The molecule has 0 heterocycles. The van der Waals surface area contributed by atoms with Gasteiger partial charge in [0.25, 0.3) is 0 Å². The van der Waals surface area contributed by atoms with E-state index in [1.54, 1.807) is 0 Å². The van der Waals surface area contributed by atoms with E-state index in [0.29, 0.717) is 18.9 Å². The minimum absolute atomic E-state index is 0.0140. The van der Waals surface area contributed by atoms with Crippen molar-refractivity contribution in [2.45, 2.75) is 46.3 Å². The molecule has 0 spiro atoms. The predicted molar refractivity (Wildman–Crippen MR) is 104 cm³/mol. The third-order valence-corrected chi connectivity index (χ3v) is 4.55. The van der Waals surface area contributed by atoms with Gasteiger partial charge in [0.1, 0.15) is 21.7 Å². The van der Waals surface area contributed by atoms with Gasteiger partial charge in [-0.2, -0.15) is 0 Å². The van der Waals surface area contributed by atoms with Gasteiger partial charge in [0.2, 0.25) is 0 Å². The van der Waals surface area contributed by atoms with E-state index < -0.39 is 9.84 Å². The summed E-state index contributed by atoms with van der Waals surface area (Å²) in [6.45, 7) is 9.17. The summed E-state index contributed by atoms with van der Waals surface area (Å²) in [5, 5.41) is 6.42. The van der Waals surface area contributed by atoms with Crippen LogP contribution < -0.4 is 15.4 Å². The molecule has 142 valence electrons. The topological polar surface area (TPSA) is 79.8 Å². The molecular formula is C18H31N3O3S. The molecule has 0 amide bonds. The third kappa shape index (κ3) is 9.34. The van der Waals surface area contributed by atoms with Crippen molar-refractivity contribution in [1.82, 2.24) is 10.6 Å². The van der Waals surface area contributed by atoms with Crippen molar-refractivity contribution in [3.05, 3.63) is 29.8 Å². The number of benzene rings is 1. The van der Waals surface area contributed by atoms with E-state index in [-0.39, 0.29) is 17.9 Å². The molecule has 0 radical (unpaired) electrons. The van der Waals surface area contributed by atoms with Crippen molar-refractivity contribution in [1.29, 1.82) is 0 Å². The SMILES string of the molecule is CCNC(=NCC(C)Oc1ccccc1C)NC(C)CCS(C)(=O)=O. The summed E-state index contributed by atoms with van der Waals surface area (Å²) in [5.41, 5.74) is 1.10. The number of sulfone groups is 1. The van der Waals surface area contributed by atoms with E-state index in [2.05, 4.69) is 15.6 Å². The first-order chi connectivity index (χ1) is 11.7. The fraction of sp³-hybridized carbons (Fsp3) is 0.611. The molecule has 0 aliphatic heterocycles. The molecule has 6 nitrogen and oxygen atoms in total. The van der Waals surface area contributed by atoms with Crippen LogP contribution in [0, 0.1) is 6.92 Å². The number of hydrogen-bond acceptors (Lipinski definition) is 4. The minimum Gasteiger partial charge on any atom is -0.489 e. The normalized spacial score (nSPS) is 14.7. The summed E-state index contributed by atoms with van der Waals surface area (Å²) >= 11 is 0. The van der Waals surface area contributed by atoms with Crippen molar-refractivity contribution in [3.8, 4) is 5.75 Å². The van der Waals surface area contributed by atoms with Gasteiger partial charge in [0, 0.05) is 18.8 Å². The van der Waals surface area contributed by atoms with Crippen LogP contribution in [0.25, 0.3) is 0 Å². The van der Waals surface area contributed by atoms with Crippen LogP contribution >= 0.6 is 0 Å². The first kappa shape index (κ1) is 21.3. The van der Waals surface area contributed by atoms with Gasteiger partial charge in [-0.25, -0.2) is 13.4 Å². The predicted octanol–water partition coefficient (Wildman–Crippen LogP) is 2.14. The van der Waals surface area contributed by atoms with E-state index in [9.17, 15) is 8.42 Å². The van der Waals surface area contributed by atoms with Crippen LogP contribution in [-0.4, -0.2) is 51.6 Å². The molecule has 25 heavy (non-hydrogen) atoms. The van der Waals surface area contributed by atoms with Gasteiger partial charge in [0.05, 0.1) is 12.3 Å². The molecule has 7 heteroatoms. The van der Waals surface area contributed by atoms with Gasteiger partial charge in [-0.3, -0.25) is 0 Å². The van der Waals surface area contributed by atoms with E-state index in [1.807, 2.05) is 52.0 Å². The standard InChI is InChI=1S/C18H31N3O3S/c1-6-19-18(21-15(3)11-12-25(5,22)23)20-13-16(4)24-17-10-8-7-9-14(17)2/h7-10,15-16H,6,11-13H2,1-5H3,(H2,19,20,21). The Morgan fingerprint density at radius 2 is 1.96 bits per heavy atom. The summed E-state index contributed by atoms with van der Waals surface area (Å²) in [5.74, 6) is 1.70. The Balaban J connectivity index is 2.57. The van der Waals surface area contributed by atoms with Crippen LogP contribution in [0.4, 0.5) is 0 Å². The number of ether oxygens (including phenoxy) is 1. The van der Waals surface area contributed by atoms with E-state index in [1.165, 1.54) is 6.26 Å². The number of rotatable bonds is 9. The Kier molecular flexibility index (Phi) is 8.75. The lowest BCUT2D eigenvalue weighted by molar-refractivity contribution is 0.228. The monoisotopic (exact) mass is 369 g/mol. The van der Waals surface area contributed by atoms with Crippen LogP contribution in [0.2, 0.25) is 0 Å². The lowest BCUT2D eigenvalue weighted by atomic mass is 10.2. The second kappa shape index (κ2) is 10.3. The van der Waals surface area contributed by atoms with Gasteiger partial charge in [-0.15, -0.1) is 0 Å². The molecule has 1 aromatic rings. The number of guanidine groups is 1. The van der Waals surface area contributed by atoms with Gasteiger partial charge >= 0.3 is 0 Å². The first-order valence-electron chi connectivity index (χ1n) is 8.66. The van der Waals surface area contributed by atoms with Gasteiger partial charge in [0.15, 0.2) is 5.96 Å². The zero-order valence-electron chi connectivity index (χ0n) is 15.9. The van der Waals surface area contributed by atoms with Crippen molar-refractivity contribution < 1.29 is 13.2 Å². The molecule has 0 bridgehead atoms. The van der Waals surface area contributed by atoms with Crippen LogP contribution in [0.3, 0.4) is 0 Å². The second-order valence-corrected chi connectivity index (χ2v) is 8.64. The van der Waals surface area contributed by atoms with Crippen molar-refractivity contribution >= 4 is 15.8 Å². The molecular weight excluding hydrogens is 338 g/mol. The molecule has 2 atom stereocenters. The molecule has 1 rings (SSSR count). The van der Waals surface area contributed by atoms with E-state index >= 15 is 0 Å². The van der Waals surface area contributed by atoms with Crippen LogP contribution in [0.5, 0.6) is 5.75 Å². The summed E-state index contributed by atoms with van der Waals surface area (Å²) in [6.07, 6.45) is 1.73. The van der Waals surface area contributed by atoms with Crippen LogP contribution in [0.1, 0.15) is 32.8 Å². The molecule has 0 saturated carbocycles. The summed E-state index contributed by atoms with van der Waals surface area (Å²) in [7, 11) is -2.95. The first-order valence-corrected chi connectivity index (χ1v) is 10.7. The summed E-state index contributed by atoms with van der Waals surface area (Å²) in [4.78, 5) is 4.54. The Morgan fingerprint density at radius 3 is 2.56 bits per heavy atom. The Bertz CT molecular complexity index is 659. The Morgan fingerprint density at radius 1 is 1.28 bits per heavy atom. The van der Waals surface area contributed by atoms with Crippen molar-refractivity contribution in [3.63, 3.8) is 0 Å². The summed E-state index contributed by atoms with van der Waals surface area (Å²) in [6, 6.07) is 7.91. The third-order valence-electron chi connectivity index (χ3n) is 3.58. The molecule has 0 saturated heterocycles. The molecule has 2 unspecified atom stereocenters. The second-order valence-electron chi connectivity index (χ2n) is 6.38.